The lowest BCUT2D eigenvalue weighted by atomic mass is 10.0. The average molecular weight is 335 g/mol. The number of carbonyl (C=O) groups is 1. The molecular formula is C20H21N3O2. The highest BCUT2D eigenvalue weighted by atomic mass is 16.3. The number of rotatable bonds is 3. The van der Waals surface area contributed by atoms with E-state index in [2.05, 4.69) is 35.4 Å². The van der Waals surface area contributed by atoms with E-state index in [9.17, 15) is 4.79 Å². The predicted molar refractivity (Wildman–Crippen MR) is 97.7 cm³/mol. The zero-order valence-electron chi connectivity index (χ0n) is 14.2. The summed E-state index contributed by atoms with van der Waals surface area (Å²) in [5, 5.41) is 4.80. The minimum Gasteiger partial charge on any atom is -0.472 e. The van der Waals surface area contributed by atoms with E-state index >= 15 is 0 Å². The van der Waals surface area contributed by atoms with Gasteiger partial charge in [0.25, 0.3) is 5.91 Å². The molecular weight excluding hydrogens is 314 g/mol. The Labute approximate surface area is 146 Å². The Bertz CT molecular complexity index is 881. The summed E-state index contributed by atoms with van der Waals surface area (Å²) < 4.78 is 5.01. The molecule has 0 bridgehead atoms. The molecule has 25 heavy (non-hydrogen) atoms. The molecule has 128 valence electrons. The van der Waals surface area contributed by atoms with Crippen LogP contribution < -0.4 is 5.32 Å². The summed E-state index contributed by atoms with van der Waals surface area (Å²) >= 11 is 0. The van der Waals surface area contributed by atoms with Crippen molar-refractivity contribution >= 4 is 22.5 Å². The van der Waals surface area contributed by atoms with Gasteiger partial charge < -0.3 is 14.6 Å². The number of hydrogen-bond donors (Lipinski definition) is 1. The Hall–Kier alpha value is -2.82. The molecule has 0 aliphatic carbocycles. The lowest BCUT2D eigenvalue weighted by Crippen LogP contribution is -2.42. The molecule has 0 spiro atoms. The zero-order valence-corrected chi connectivity index (χ0v) is 14.2. The summed E-state index contributed by atoms with van der Waals surface area (Å²) in [7, 11) is 0. The second-order valence-electron chi connectivity index (χ2n) is 6.60. The third-order valence-electron chi connectivity index (χ3n) is 4.81. The Morgan fingerprint density at radius 2 is 2.08 bits per heavy atom. The molecule has 5 heteroatoms. The van der Waals surface area contributed by atoms with Gasteiger partial charge in [0, 0.05) is 36.4 Å². The number of pyridine rings is 1. The number of aromatic nitrogens is 1. The maximum Gasteiger partial charge on any atom is 0.257 e. The molecule has 1 aliphatic heterocycles. The van der Waals surface area contributed by atoms with Gasteiger partial charge in [-0.1, -0.05) is 11.6 Å². The van der Waals surface area contributed by atoms with Gasteiger partial charge in [-0.25, -0.2) is 0 Å². The van der Waals surface area contributed by atoms with Crippen molar-refractivity contribution in [3.05, 3.63) is 60.2 Å². The van der Waals surface area contributed by atoms with Crippen LogP contribution in [0.25, 0.3) is 10.9 Å². The van der Waals surface area contributed by atoms with Crippen molar-refractivity contribution in [2.75, 3.05) is 18.4 Å². The van der Waals surface area contributed by atoms with Gasteiger partial charge in [-0.2, -0.15) is 0 Å². The molecule has 0 atom stereocenters. The largest absolute Gasteiger partial charge is 0.472 e. The Kier molecular flexibility index (Phi) is 4.14. The average Bonchev–Trinajstić information content (AvgIpc) is 3.17. The van der Waals surface area contributed by atoms with Gasteiger partial charge in [0.2, 0.25) is 0 Å². The van der Waals surface area contributed by atoms with Crippen LogP contribution >= 0.6 is 0 Å². The van der Waals surface area contributed by atoms with Crippen molar-refractivity contribution in [1.29, 1.82) is 0 Å². The number of likely N-dealkylation sites (tertiary alicyclic amines) is 1. The second kappa shape index (κ2) is 6.59. The SMILES string of the molecule is Cc1ccc2nccc(NC3CCN(C(=O)c4ccoc4)CC3)c2c1. The Morgan fingerprint density at radius 1 is 1.24 bits per heavy atom. The molecule has 5 nitrogen and oxygen atoms in total. The first-order valence-corrected chi connectivity index (χ1v) is 8.64. The molecule has 0 radical (unpaired) electrons. The Morgan fingerprint density at radius 3 is 2.84 bits per heavy atom. The van der Waals surface area contributed by atoms with Crippen LogP contribution in [-0.4, -0.2) is 34.9 Å². The number of furan rings is 1. The molecule has 0 saturated carbocycles. The first kappa shape index (κ1) is 15.7. The van der Waals surface area contributed by atoms with Gasteiger partial charge >= 0.3 is 0 Å². The van der Waals surface area contributed by atoms with Crippen molar-refractivity contribution in [3.8, 4) is 0 Å². The van der Waals surface area contributed by atoms with Crippen molar-refractivity contribution in [1.82, 2.24) is 9.88 Å². The number of carbonyl (C=O) groups excluding carboxylic acids is 1. The van der Waals surface area contributed by atoms with E-state index in [4.69, 9.17) is 4.42 Å². The van der Waals surface area contributed by atoms with Crippen LogP contribution in [-0.2, 0) is 0 Å². The van der Waals surface area contributed by atoms with Gasteiger partial charge in [-0.15, -0.1) is 0 Å². The fourth-order valence-electron chi connectivity index (χ4n) is 3.40. The normalized spacial score (nSPS) is 15.5. The number of benzene rings is 1. The minimum absolute atomic E-state index is 0.0529. The van der Waals surface area contributed by atoms with E-state index in [1.165, 1.54) is 18.1 Å². The standard InChI is InChI=1S/C20H21N3O2/c1-14-2-3-18-17(12-14)19(4-8-21-18)22-16-5-9-23(10-6-16)20(24)15-7-11-25-13-15/h2-4,7-8,11-13,16H,5-6,9-10H2,1H3,(H,21,22). The molecule has 1 aliphatic rings. The summed E-state index contributed by atoms with van der Waals surface area (Å²) in [6.45, 7) is 3.60. The van der Waals surface area contributed by atoms with Crippen LogP contribution in [0.1, 0.15) is 28.8 Å². The zero-order chi connectivity index (χ0) is 17.2. The highest BCUT2D eigenvalue weighted by molar-refractivity contribution is 5.94. The lowest BCUT2D eigenvalue weighted by Gasteiger charge is -2.33. The predicted octanol–water partition coefficient (Wildman–Crippen LogP) is 3.85. The first-order valence-electron chi connectivity index (χ1n) is 8.64. The lowest BCUT2D eigenvalue weighted by molar-refractivity contribution is 0.0718. The summed E-state index contributed by atoms with van der Waals surface area (Å²) in [4.78, 5) is 18.7. The number of nitrogens with zero attached hydrogens (tertiary/aromatic N) is 2. The van der Waals surface area contributed by atoms with E-state index in [1.54, 1.807) is 6.07 Å². The number of aryl methyl sites for hydroxylation is 1. The van der Waals surface area contributed by atoms with E-state index in [0.29, 0.717) is 11.6 Å². The molecule has 2 aromatic heterocycles. The van der Waals surface area contributed by atoms with Gasteiger partial charge in [-0.05, 0) is 44.0 Å². The highest BCUT2D eigenvalue weighted by Crippen LogP contribution is 2.25. The van der Waals surface area contributed by atoms with E-state index in [0.717, 1.165) is 42.5 Å². The molecule has 4 rings (SSSR count). The summed E-state index contributed by atoms with van der Waals surface area (Å²) in [5.74, 6) is 0.0529. The molecule has 1 aromatic carbocycles. The maximum atomic E-state index is 12.4. The smallest absolute Gasteiger partial charge is 0.257 e. The van der Waals surface area contributed by atoms with Crippen LogP contribution in [0, 0.1) is 6.92 Å². The van der Waals surface area contributed by atoms with E-state index in [-0.39, 0.29) is 5.91 Å². The summed E-state index contributed by atoms with van der Waals surface area (Å²) in [6, 6.07) is 10.4. The molecule has 3 heterocycles. The van der Waals surface area contributed by atoms with Gasteiger partial charge in [-0.3, -0.25) is 9.78 Å². The highest BCUT2D eigenvalue weighted by Gasteiger charge is 2.24. The van der Waals surface area contributed by atoms with Crippen LogP contribution in [0.2, 0.25) is 0 Å². The topological polar surface area (TPSA) is 58.4 Å². The molecule has 1 fully saturated rings. The number of nitrogens with one attached hydrogen (secondary N) is 1. The number of hydrogen-bond acceptors (Lipinski definition) is 4. The maximum absolute atomic E-state index is 12.4. The monoisotopic (exact) mass is 335 g/mol. The molecule has 1 amide bonds. The van der Waals surface area contributed by atoms with Crippen LogP contribution in [0.5, 0.6) is 0 Å². The first-order chi connectivity index (χ1) is 12.2. The summed E-state index contributed by atoms with van der Waals surface area (Å²) in [5.41, 5.74) is 3.97. The molecule has 1 N–H and O–H groups in total. The summed E-state index contributed by atoms with van der Waals surface area (Å²) in [6.07, 6.45) is 6.76. The molecule has 1 saturated heterocycles. The quantitative estimate of drug-likeness (QED) is 0.790. The second-order valence-corrected chi connectivity index (χ2v) is 6.60. The molecule has 3 aromatic rings. The minimum atomic E-state index is 0.0529. The van der Waals surface area contributed by atoms with Crippen molar-refractivity contribution in [2.24, 2.45) is 0 Å². The Balaban J connectivity index is 1.44. The fraction of sp³-hybridized carbons (Fsp3) is 0.300. The van der Waals surface area contributed by atoms with E-state index in [1.807, 2.05) is 17.2 Å². The van der Waals surface area contributed by atoms with Gasteiger partial charge in [0.1, 0.15) is 6.26 Å². The van der Waals surface area contributed by atoms with Gasteiger partial charge in [0.15, 0.2) is 0 Å². The third-order valence-corrected chi connectivity index (χ3v) is 4.81. The van der Waals surface area contributed by atoms with Gasteiger partial charge in [0.05, 0.1) is 17.3 Å². The molecule has 0 unspecified atom stereocenters. The van der Waals surface area contributed by atoms with Crippen molar-refractivity contribution in [3.63, 3.8) is 0 Å². The number of amides is 1. The number of anilines is 1. The van der Waals surface area contributed by atoms with Crippen LogP contribution in [0.15, 0.2) is 53.5 Å². The third kappa shape index (κ3) is 3.22. The number of piperidine rings is 1. The van der Waals surface area contributed by atoms with Crippen LogP contribution in [0.3, 0.4) is 0 Å². The number of fused-ring (bicyclic) bond motifs is 1. The van der Waals surface area contributed by atoms with E-state index < -0.39 is 0 Å². The van der Waals surface area contributed by atoms with Crippen LogP contribution in [0.4, 0.5) is 5.69 Å². The fourth-order valence-corrected chi connectivity index (χ4v) is 3.40. The van der Waals surface area contributed by atoms with Crippen molar-refractivity contribution in [2.45, 2.75) is 25.8 Å². The van der Waals surface area contributed by atoms with Crippen molar-refractivity contribution < 1.29 is 9.21 Å².